The van der Waals surface area contributed by atoms with Gasteiger partial charge in [0.2, 0.25) is 0 Å². The van der Waals surface area contributed by atoms with Gasteiger partial charge in [-0.25, -0.2) is 0 Å². The normalized spacial score (nSPS) is 12.3. The Kier molecular flexibility index (Phi) is 5.42. The number of aromatic nitrogens is 2. The summed E-state index contributed by atoms with van der Waals surface area (Å²) in [6.45, 7) is 8.97. The fourth-order valence-electron chi connectivity index (χ4n) is 2.29. The number of hydrogen-bond acceptors (Lipinski definition) is 3. The summed E-state index contributed by atoms with van der Waals surface area (Å²) in [6, 6.07) is 6.15. The van der Waals surface area contributed by atoms with Crippen LogP contribution in [0.5, 0.6) is 0 Å². The Labute approximate surface area is 138 Å². The summed E-state index contributed by atoms with van der Waals surface area (Å²) >= 11 is 0. The molecule has 1 amide bonds. The van der Waals surface area contributed by atoms with E-state index in [1.54, 1.807) is 10.9 Å². The molecule has 124 valence electrons. The molecular weight excluding hydrogens is 288 g/mol. The van der Waals surface area contributed by atoms with Crippen LogP contribution in [0.3, 0.4) is 0 Å². The van der Waals surface area contributed by atoms with E-state index in [4.69, 9.17) is 0 Å². The highest BCUT2D eigenvalue weighted by Crippen LogP contribution is 2.21. The lowest BCUT2D eigenvalue weighted by atomic mass is 10.0. The third-order valence-corrected chi connectivity index (χ3v) is 4.17. The molecule has 1 heterocycles. The van der Waals surface area contributed by atoms with Crippen LogP contribution in [-0.2, 0) is 13.6 Å². The van der Waals surface area contributed by atoms with Gasteiger partial charge >= 0.3 is 0 Å². The number of aryl methyl sites for hydroxylation is 1. The molecule has 2 rings (SSSR count). The zero-order valence-corrected chi connectivity index (χ0v) is 14.6. The van der Waals surface area contributed by atoms with E-state index in [0.717, 1.165) is 16.8 Å². The van der Waals surface area contributed by atoms with Crippen molar-refractivity contribution in [3.63, 3.8) is 0 Å². The first-order valence-corrected chi connectivity index (χ1v) is 8.00. The van der Waals surface area contributed by atoms with Gasteiger partial charge in [0.05, 0.1) is 6.20 Å². The number of carbonyl (C=O) groups is 1. The van der Waals surface area contributed by atoms with Crippen LogP contribution in [0.4, 0.5) is 5.69 Å². The maximum absolute atomic E-state index is 12.5. The summed E-state index contributed by atoms with van der Waals surface area (Å²) < 4.78 is 1.73. The number of amides is 1. The molecule has 5 nitrogen and oxygen atoms in total. The summed E-state index contributed by atoms with van der Waals surface area (Å²) in [6.07, 6.45) is 3.66. The minimum atomic E-state index is -0.0628. The van der Waals surface area contributed by atoms with Crippen molar-refractivity contribution in [1.29, 1.82) is 0 Å². The van der Waals surface area contributed by atoms with Crippen LogP contribution in [0.25, 0.3) is 0 Å². The Morgan fingerprint density at radius 1 is 1.30 bits per heavy atom. The third-order valence-electron chi connectivity index (χ3n) is 4.17. The monoisotopic (exact) mass is 314 g/mol. The van der Waals surface area contributed by atoms with Crippen LogP contribution >= 0.6 is 0 Å². The molecule has 0 saturated heterocycles. The number of carbonyl (C=O) groups excluding carboxylic acids is 1. The first-order valence-electron chi connectivity index (χ1n) is 8.00. The summed E-state index contributed by atoms with van der Waals surface area (Å²) in [4.78, 5) is 12.5. The van der Waals surface area contributed by atoms with Crippen LogP contribution in [0, 0.1) is 12.8 Å². The van der Waals surface area contributed by atoms with Crippen LogP contribution < -0.4 is 10.6 Å². The van der Waals surface area contributed by atoms with Gasteiger partial charge in [0, 0.05) is 42.6 Å². The molecule has 0 radical (unpaired) electrons. The quantitative estimate of drug-likeness (QED) is 0.861. The fourth-order valence-corrected chi connectivity index (χ4v) is 2.29. The average Bonchev–Trinajstić information content (AvgIpc) is 2.92. The lowest BCUT2D eigenvalue weighted by Gasteiger charge is -2.21. The third kappa shape index (κ3) is 4.34. The molecule has 0 aliphatic rings. The molecule has 23 heavy (non-hydrogen) atoms. The zero-order valence-electron chi connectivity index (χ0n) is 14.6. The summed E-state index contributed by atoms with van der Waals surface area (Å²) in [5.41, 5.74) is 3.68. The Balaban J connectivity index is 2.08. The second kappa shape index (κ2) is 7.31. The number of nitrogens with zero attached hydrogens (tertiary/aromatic N) is 2. The molecule has 0 aliphatic heterocycles. The van der Waals surface area contributed by atoms with E-state index in [2.05, 4.69) is 36.5 Å². The largest absolute Gasteiger partial charge is 0.382 e. The standard InChI is InChI=1S/C18H26N4O/c1-12(2)14(4)21-17-8-6-7-16(13(17)3)18(23)19-9-15-10-20-22(5)11-15/h6-8,10-12,14,21H,9H2,1-5H3,(H,19,23)/t14-/m1/s1. The van der Waals surface area contributed by atoms with Gasteiger partial charge < -0.3 is 10.6 Å². The van der Waals surface area contributed by atoms with E-state index < -0.39 is 0 Å². The summed E-state index contributed by atoms with van der Waals surface area (Å²) in [7, 11) is 1.86. The number of benzene rings is 1. The highest BCUT2D eigenvalue weighted by atomic mass is 16.1. The van der Waals surface area contributed by atoms with Crippen molar-refractivity contribution in [3.8, 4) is 0 Å². The van der Waals surface area contributed by atoms with Gasteiger partial charge in [-0.15, -0.1) is 0 Å². The highest BCUT2D eigenvalue weighted by molar-refractivity contribution is 5.97. The van der Waals surface area contributed by atoms with E-state index in [1.807, 2.05) is 38.4 Å². The van der Waals surface area contributed by atoms with Crippen molar-refractivity contribution in [2.75, 3.05) is 5.32 Å². The first kappa shape index (κ1) is 17.1. The summed E-state index contributed by atoms with van der Waals surface area (Å²) in [5.74, 6) is 0.463. The van der Waals surface area contributed by atoms with Gasteiger partial charge in [-0.05, 0) is 37.5 Å². The second-order valence-corrected chi connectivity index (χ2v) is 6.36. The zero-order chi connectivity index (χ0) is 17.0. The summed E-state index contributed by atoms with van der Waals surface area (Å²) in [5, 5.41) is 10.5. The van der Waals surface area contributed by atoms with Crippen LogP contribution in [0.2, 0.25) is 0 Å². The van der Waals surface area contributed by atoms with Crippen molar-refractivity contribution in [3.05, 3.63) is 47.3 Å². The number of hydrogen-bond donors (Lipinski definition) is 2. The van der Waals surface area contributed by atoms with Gasteiger partial charge in [-0.1, -0.05) is 19.9 Å². The molecule has 0 bridgehead atoms. The van der Waals surface area contributed by atoms with E-state index in [9.17, 15) is 4.79 Å². The lowest BCUT2D eigenvalue weighted by molar-refractivity contribution is 0.0950. The molecule has 1 atom stereocenters. The molecule has 0 spiro atoms. The van der Waals surface area contributed by atoms with Crippen molar-refractivity contribution in [2.24, 2.45) is 13.0 Å². The van der Waals surface area contributed by atoms with Gasteiger partial charge in [0.25, 0.3) is 5.91 Å². The number of anilines is 1. The first-order chi connectivity index (χ1) is 10.9. The van der Waals surface area contributed by atoms with Crippen LogP contribution in [0.15, 0.2) is 30.6 Å². The minimum absolute atomic E-state index is 0.0628. The molecule has 0 fully saturated rings. The predicted octanol–water partition coefficient (Wildman–Crippen LogP) is 3.11. The average molecular weight is 314 g/mol. The Morgan fingerprint density at radius 2 is 2.04 bits per heavy atom. The Morgan fingerprint density at radius 3 is 2.65 bits per heavy atom. The molecule has 1 aromatic carbocycles. The van der Waals surface area contributed by atoms with Gasteiger partial charge in [-0.2, -0.15) is 5.10 Å². The molecular formula is C18H26N4O. The van der Waals surface area contributed by atoms with E-state index >= 15 is 0 Å². The SMILES string of the molecule is Cc1c(N[C@H](C)C(C)C)cccc1C(=O)NCc1cnn(C)c1. The van der Waals surface area contributed by atoms with Crippen molar-refractivity contribution in [1.82, 2.24) is 15.1 Å². The van der Waals surface area contributed by atoms with Crippen molar-refractivity contribution in [2.45, 2.75) is 40.3 Å². The maximum atomic E-state index is 12.5. The van der Waals surface area contributed by atoms with E-state index in [1.165, 1.54) is 0 Å². The highest BCUT2D eigenvalue weighted by Gasteiger charge is 2.14. The smallest absolute Gasteiger partial charge is 0.251 e. The Bertz CT molecular complexity index is 675. The van der Waals surface area contributed by atoms with Gasteiger partial charge in [0.1, 0.15) is 0 Å². The number of rotatable bonds is 6. The van der Waals surface area contributed by atoms with Crippen LogP contribution in [-0.4, -0.2) is 21.7 Å². The maximum Gasteiger partial charge on any atom is 0.251 e. The topological polar surface area (TPSA) is 59.0 Å². The van der Waals surface area contributed by atoms with Gasteiger partial charge in [-0.3, -0.25) is 9.48 Å². The number of nitrogens with one attached hydrogen (secondary N) is 2. The van der Waals surface area contributed by atoms with E-state index in [0.29, 0.717) is 24.1 Å². The molecule has 0 unspecified atom stereocenters. The molecule has 0 saturated carbocycles. The molecule has 5 heteroatoms. The fraction of sp³-hybridized carbons (Fsp3) is 0.444. The lowest BCUT2D eigenvalue weighted by Crippen LogP contribution is -2.25. The predicted molar refractivity (Wildman–Crippen MR) is 93.5 cm³/mol. The Hall–Kier alpha value is -2.30. The molecule has 2 N–H and O–H groups in total. The molecule has 0 aliphatic carbocycles. The van der Waals surface area contributed by atoms with E-state index in [-0.39, 0.29) is 5.91 Å². The van der Waals surface area contributed by atoms with Crippen LogP contribution in [0.1, 0.15) is 42.3 Å². The second-order valence-electron chi connectivity index (χ2n) is 6.36. The molecule has 1 aromatic heterocycles. The van der Waals surface area contributed by atoms with Crippen molar-refractivity contribution < 1.29 is 4.79 Å². The minimum Gasteiger partial charge on any atom is -0.382 e. The van der Waals surface area contributed by atoms with Crippen molar-refractivity contribution >= 4 is 11.6 Å². The molecule has 2 aromatic rings. The van der Waals surface area contributed by atoms with Gasteiger partial charge in [0.15, 0.2) is 0 Å².